The Kier molecular flexibility index (Phi) is 3.94. The molecule has 0 heterocycles. The summed E-state index contributed by atoms with van der Waals surface area (Å²) in [7, 11) is 0. The molecule has 0 spiro atoms. The van der Waals surface area contributed by atoms with Gasteiger partial charge in [-0.05, 0) is 29.3 Å². The number of nitrogens with two attached hydrogens (primary N) is 1. The quantitative estimate of drug-likeness (QED) is 0.648. The molecule has 2 N–H and O–H groups in total. The molecule has 0 fully saturated rings. The Morgan fingerprint density at radius 2 is 1.88 bits per heavy atom. The predicted molar refractivity (Wildman–Crippen MR) is 75.5 cm³/mol. The summed E-state index contributed by atoms with van der Waals surface area (Å²) >= 11 is 4.81. The summed E-state index contributed by atoms with van der Waals surface area (Å²) in [6.07, 6.45) is 1.60. The summed E-state index contributed by atoms with van der Waals surface area (Å²) in [6.45, 7) is 0.648. The van der Waals surface area contributed by atoms with E-state index in [9.17, 15) is 0 Å². The average molecular weight is 245 g/mol. The van der Waals surface area contributed by atoms with Crippen LogP contribution in [0.15, 0.2) is 42.5 Å². The van der Waals surface area contributed by atoms with Crippen LogP contribution in [-0.4, -0.2) is 11.6 Å². The molecule has 0 aromatic heterocycles. The molecule has 2 aromatic carbocycles. The lowest BCUT2D eigenvalue weighted by Gasteiger charge is -2.06. The molecule has 0 aliphatic heterocycles. The summed E-state index contributed by atoms with van der Waals surface area (Å²) in [5, 5.41) is 2.42. The first-order chi connectivity index (χ1) is 8.25. The Bertz CT molecular complexity index is 524. The van der Waals surface area contributed by atoms with Crippen LogP contribution >= 0.6 is 12.2 Å². The summed E-state index contributed by atoms with van der Waals surface area (Å²) < 4.78 is 5.65. The monoisotopic (exact) mass is 245 g/mol. The first-order valence-corrected chi connectivity index (χ1v) is 6.06. The van der Waals surface area contributed by atoms with E-state index in [4.69, 9.17) is 22.7 Å². The van der Waals surface area contributed by atoms with Gasteiger partial charge in [0.15, 0.2) is 0 Å². The second-order valence-electron chi connectivity index (χ2n) is 3.93. The zero-order chi connectivity index (χ0) is 12.1. The van der Waals surface area contributed by atoms with E-state index in [1.165, 1.54) is 10.8 Å². The van der Waals surface area contributed by atoms with E-state index in [-0.39, 0.29) is 0 Å². The molecule has 0 amide bonds. The van der Waals surface area contributed by atoms with E-state index in [2.05, 4.69) is 24.3 Å². The molecule has 88 valence electrons. The largest absolute Gasteiger partial charge is 0.494 e. The maximum atomic E-state index is 5.65. The molecule has 0 saturated heterocycles. The topological polar surface area (TPSA) is 35.2 Å². The number of fused-ring (bicyclic) bond motifs is 1. The first kappa shape index (κ1) is 11.9. The van der Waals surface area contributed by atoms with Crippen LogP contribution in [0.25, 0.3) is 10.8 Å². The Morgan fingerprint density at radius 1 is 1.12 bits per heavy atom. The lowest BCUT2D eigenvalue weighted by molar-refractivity contribution is 0.314. The maximum Gasteiger partial charge on any atom is 0.119 e. The van der Waals surface area contributed by atoms with Crippen LogP contribution in [0.1, 0.15) is 12.8 Å². The van der Waals surface area contributed by atoms with Gasteiger partial charge in [-0.2, -0.15) is 0 Å². The van der Waals surface area contributed by atoms with Crippen molar-refractivity contribution in [2.24, 2.45) is 5.73 Å². The Labute approximate surface area is 106 Å². The zero-order valence-corrected chi connectivity index (χ0v) is 10.4. The molecular weight excluding hydrogens is 230 g/mol. The van der Waals surface area contributed by atoms with Crippen molar-refractivity contribution in [3.63, 3.8) is 0 Å². The Morgan fingerprint density at radius 3 is 2.65 bits per heavy atom. The van der Waals surface area contributed by atoms with Gasteiger partial charge in [0.25, 0.3) is 0 Å². The van der Waals surface area contributed by atoms with Gasteiger partial charge in [0.2, 0.25) is 0 Å². The van der Waals surface area contributed by atoms with Gasteiger partial charge < -0.3 is 10.5 Å². The minimum absolute atomic E-state index is 0.548. The van der Waals surface area contributed by atoms with Crippen molar-refractivity contribution in [2.45, 2.75) is 12.8 Å². The van der Waals surface area contributed by atoms with Gasteiger partial charge in [-0.15, -0.1) is 0 Å². The highest BCUT2D eigenvalue weighted by Gasteiger charge is 1.97. The van der Waals surface area contributed by atoms with Crippen LogP contribution in [0.5, 0.6) is 5.75 Å². The number of rotatable bonds is 5. The van der Waals surface area contributed by atoms with Crippen molar-refractivity contribution in [1.82, 2.24) is 0 Å². The lowest BCUT2D eigenvalue weighted by Crippen LogP contribution is -2.09. The van der Waals surface area contributed by atoms with Gasteiger partial charge in [-0.3, -0.25) is 0 Å². The minimum atomic E-state index is 0.548. The summed E-state index contributed by atoms with van der Waals surface area (Å²) in [4.78, 5) is 0.548. The van der Waals surface area contributed by atoms with Crippen molar-refractivity contribution >= 4 is 28.0 Å². The van der Waals surface area contributed by atoms with Gasteiger partial charge in [0, 0.05) is 6.42 Å². The van der Waals surface area contributed by atoms with E-state index in [1.807, 2.05) is 18.2 Å². The van der Waals surface area contributed by atoms with Gasteiger partial charge in [0.1, 0.15) is 5.75 Å². The van der Waals surface area contributed by atoms with Crippen LogP contribution in [0.2, 0.25) is 0 Å². The molecule has 17 heavy (non-hydrogen) atoms. The summed E-state index contributed by atoms with van der Waals surface area (Å²) in [5.74, 6) is 0.895. The van der Waals surface area contributed by atoms with Crippen LogP contribution < -0.4 is 10.5 Å². The Balaban J connectivity index is 1.97. The second kappa shape index (κ2) is 5.64. The van der Waals surface area contributed by atoms with Crippen molar-refractivity contribution < 1.29 is 4.74 Å². The standard InChI is InChI=1S/C14H15NOS/c15-14(17)6-3-9-16-13-8-7-11-4-1-2-5-12(11)10-13/h1-2,4-5,7-8,10H,3,6,9H2,(H2,15,17). The highest BCUT2D eigenvalue weighted by molar-refractivity contribution is 7.80. The smallest absolute Gasteiger partial charge is 0.119 e. The van der Waals surface area contributed by atoms with Crippen LogP contribution in [0.4, 0.5) is 0 Å². The maximum absolute atomic E-state index is 5.65. The van der Waals surface area contributed by atoms with Gasteiger partial charge in [0.05, 0.1) is 11.6 Å². The SMILES string of the molecule is NC(=S)CCCOc1ccc2ccccc2c1. The molecule has 0 aliphatic carbocycles. The van der Waals surface area contributed by atoms with Crippen molar-refractivity contribution in [1.29, 1.82) is 0 Å². The van der Waals surface area contributed by atoms with Crippen molar-refractivity contribution in [3.8, 4) is 5.75 Å². The molecule has 2 aromatic rings. The van der Waals surface area contributed by atoms with Crippen LogP contribution in [0, 0.1) is 0 Å². The summed E-state index contributed by atoms with van der Waals surface area (Å²) in [5.41, 5.74) is 5.42. The molecule has 0 radical (unpaired) electrons. The molecule has 0 atom stereocenters. The van der Waals surface area contributed by atoms with Gasteiger partial charge in [-0.1, -0.05) is 42.5 Å². The number of benzene rings is 2. The van der Waals surface area contributed by atoms with E-state index in [0.717, 1.165) is 18.6 Å². The zero-order valence-electron chi connectivity index (χ0n) is 9.56. The predicted octanol–water partition coefficient (Wildman–Crippen LogP) is 3.28. The van der Waals surface area contributed by atoms with Gasteiger partial charge in [-0.25, -0.2) is 0 Å². The fourth-order valence-corrected chi connectivity index (χ4v) is 1.84. The molecule has 2 rings (SSSR count). The summed E-state index contributed by atoms with van der Waals surface area (Å²) in [6, 6.07) is 14.3. The van der Waals surface area contributed by atoms with Crippen molar-refractivity contribution in [2.75, 3.05) is 6.61 Å². The Hall–Kier alpha value is -1.61. The third kappa shape index (κ3) is 3.43. The number of thiocarbonyl (C=S) groups is 1. The third-order valence-corrected chi connectivity index (χ3v) is 2.76. The second-order valence-corrected chi connectivity index (χ2v) is 4.45. The van der Waals surface area contributed by atoms with E-state index >= 15 is 0 Å². The fourth-order valence-electron chi connectivity index (χ4n) is 1.69. The highest BCUT2D eigenvalue weighted by atomic mass is 32.1. The number of ether oxygens (including phenoxy) is 1. The van der Waals surface area contributed by atoms with Crippen LogP contribution in [0.3, 0.4) is 0 Å². The molecule has 2 nitrogen and oxygen atoms in total. The van der Waals surface area contributed by atoms with Crippen molar-refractivity contribution in [3.05, 3.63) is 42.5 Å². The number of hydrogen-bond donors (Lipinski definition) is 1. The van der Waals surface area contributed by atoms with E-state index < -0.39 is 0 Å². The lowest BCUT2D eigenvalue weighted by atomic mass is 10.1. The highest BCUT2D eigenvalue weighted by Crippen LogP contribution is 2.20. The molecular formula is C14H15NOS. The molecule has 0 bridgehead atoms. The van der Waals surface area contributed by atoms with E-state index in [0.29, 0.717) is 11.6 Å². The molecule has 0 aliphatic rings. The first-order valence-electron chi connectivity index (χ1n) is 5.65. The van der Waals surface area contributed by atoms with Gasteiger partial charge >= 0.3 is 0 Å². The minimum Gasteiger partial charge on any atom is -0.494 e. The van der Waals surface area contributed by atoms with Crippen LogP contribution in [-0.2, 0) is 0 Å². The third-order valence-electron chi connectivity index (χ3n) is 2.56. The molecule has 0 unspecified atom stereocenters. The number of hydrogen-bond acceptors (Lipinski definition) is 2. The molecule has 3 heteroatoms. The molecule has 0 saturated carbocycles. The average Bonchev–Trinajstić information content (AvgIpc) is 2.34. The normalized spacial score (nSPS) is 10.4. The fraction of sp³-hybridized carbons (Fsp3) is 0.214. The van der Waals surface area contributed by atoms with E-state index in [1.54, 1.807) is 0 Å².